The van der Waals surface area contributed by atoms with Gasteiger partial charge in [0.05, 0.1) is 22.8 Å². The van der Waals surface area contributed by atoms with Crippen LogP contribution in [0.5, 0.6) is 5.75 Å². The van der Waals surface area contributed by atoms with E-state index in [1.165, 1.54) is 16.8 Å². The van der Waals surface area contributed by atoms with Crippen LogP contribution < -0.4 is 9.64 Å². The number of benzene rings is 6. The fourth-order valence-corrected chi connectivity index (χ4v) is 7.54. The molecule has 8 aromatic rings. The molecular formula is C45H30N4O. The Labute approximate surface area is 290 Å². The number of rotatable bonds is 5. The van der Waals surface area contributed by atoms with Gasteiger partial charge in [0, 0.05) is 44.6 Å². The smallest absolute Gasteiger partial charge is 0.187 e. The third kappa shape index (κ3) is 4.59. The van der Waals surface area contributed by atoms with Crippen LogP contribution in [0.2, 0.25) is 0 Å². The maximum Gasteiger partial charge on any atom is 0.187 e. The van der Waals surface area contributed by atoms with Crippen LogP contribution in [0.3, 0.4) is 0 Å². The van der Waals surface area contributed by atoms with Crippen molar-refractivity contribution in [2.75, 3.05) is 4.90 Å². The lowest BCUT2D eigenvalue weighted by Gasteiger charge is -2.26. The van der Waals surface area contributed by atoms with Crippen molar-refractivity contribution in [3.05, 3.63) is 181 Å². The first-order valence-corrected chi connectivity index (χ1v) is 16.9. The Morgan fingerprint density at radius 1 is 0.500 bits per heavy atom. The summed E-state index contributed by atoms with van der Waals surface area (Å²) in [6.07, 6.45) is -0.233. The van der Waals surface area contributed by atoms with E-state index in [9.17, 15) is 0 Å². The zero-order valence-corrected chi connectivity index (χ0v) is 27.0. The predicted octanol–water partition coefficient (Wildman–Crippen LogP) is 10.7. The number of hydrogen-bond acceptors (Lipinski definition) is 5. The zero-order valence-electron chi connectivity index (χ0n) is 27.0. The van der Waals surface area contributed by atoms with E-state index < -0.39 is 0 Å². The Morgan fingerprint density at radius 3 is 1.82 bits per heavy atom. The maximum atomic E-state index is 7.06. The van der Waals surface area contributed by atoms with Crippen molar-refractivity contribution in [2.45, 2.75) is 12.1 Å². The van der Waals surface area contributed by atoms with Gasteiger partial charge in [-0.2, -0.15) is 0 Å². The highest BCUT2D eigenvalue weighted by atomic mass is 16.5. The lowest BCUT2D eigenvalue weighted by Crippen LogP contribution is -2.32. The summed E-state index contributed by atoms with van der Waals surface area (Å²) in [6, 6.07) is 58.7. The fourth-order valence-electron chi connectivity index (χ4n) is 7.54. The highest BCUT2D eigenvalue weighted by Crippen LogP contribution is 2.58. The van der Waals surface area contributed by atoms with Gasteiger partial charge >= 0.3 is 0 Å². The lowest BCUT2D eigenvalue weighted by atomic mass is 9.89. The van der Waals surface area contributed by atoms with Gasteiger partial charge in [0.2, 0.25) is 0 Å². The van der Waals surface area contributed by atoms with E-state index in [0.29, 0.717) is 5.82 Å². The molecule has 50 heavy (non-hydrogen) atoms. The van der Waals surface area contributed by atoms with Crippen LogP contribution in [-0.2, 0) is 0 Å². The average Bonchev–Trinajstić information content (AvgIpc) is 3.74. The van der Waals surface area contributed by atoms with E-state index in [-0.39, 0.29) is 12.1 Å². The summed E-state index contributed by atoms with van der Waals surface area (Å²) in [7, 11) is 0. The minimum Gasteiger partial charge on any atom is -0.467 e. The number of ether oxygens (including phenoxy) is 1. The maximum absolute atomic E-state index is 7.06. The molecule has 2 aliphatic heterocycles. The van der Waals surface area contributed by atoms with Crippen LogP contribution >= 0.6 is 0 Å². The van der Waals surface area contributed by atoms with E-state index in [2.05, 4.69) is 132 Å². The van der Waals surface area contributed by atoms with E-state index in [4.69, 9.17) is 19.7 Å². The topological polar surface area (TPSA) is 51.1 Å². The molecule has 0 saturated heterocycles. The van der Waals surface area contributed by atoms with Crippen molar-refractivity contribution < 1.29 is 4.74 Å². The van der Waals surface area contributed by atoms with E-state index >= 15 is 0 Å². The van der Waals surface area contributed by atoms with Crippen LogP contribution in [0.4, 0.5) is 11.4 Å². The summed E-state index contributed by atoms with van der Waals surface area (Å²) in [5.41, 5.74) is 12.2. The number of nitrogens with zero attached hydrogens (tertiary/aromatic N) is 4. The molecule has 5 heteroatoms. The molecule has 236 valence electrons. The highest BCUT2D eigenvalue weighted by Gasteiger charge is 2.49. The highest BCUT2D eigenvalue weighted by molar-refractivity contribution is 5.95. The average molecular weight is 643 g/mol. The molecule has 5 nitrogen and oxygen atoms in total. The molecule has 0 bridgehead atoms. The monoisotopic (exact) mass is 642 g/mol. The SMILES string of the molecule is c1ccc(-c2cc(-c3ccc4c5c(c(-c6ccccc6)nc4c3)OC3C5c4ccccc4N3c3ccccc3)nc(-c3ccccc3)n2)cc1. The van der Waals surface area contributed by atoms with Crippen molar-refractivity contribution >= 4 is 22.3 Å². The first-order valence-electron chi connectivity index (χ1n) is 16.9. The lowest BCUT2D eigenvalue weighted by molar-refractivity contribution is 0.234. The van der Waals surface area contributed by atoms with Crippen molar-refractivity contribution in [1.82, 2.24) is 15.0 Å². The van der Waals surface area contributed by atoms with E-state index in [0.717, 1.165) is 61.7 Å². The standard InChI is InChI=1S/C45H30N4O/c1-5-15-29(16-6-1)36-28-37(48-44(47-36)31-19-9-3-10-20-31)32-25-26-34-38(27-32)46-42(30-17-7-2-8-18-30)43-40(34)41-35-23-13-14-24-39(35)49(45(41)50-43)33-21-11-4-12-22-33/h1-28,41,45H. The third-order valence-corrected chi connectivity index (χ3v) is 9.81. The zero-order chi connectivity index (χ0) is 33.0. The third-order valence-electron chi connectivity index (χ3n) is 9.81. The fraction of sp³-hybridized carbons (Fsp3) is 0.0444. The van der Waals surface area contributed by atoms with Gasteiger partial charge in [-0.15, -0.1) is 0 Å². The molecule has 0 fully saturated rings. The van der Waals surface area contributed by atoms with Gasteiger partial charge in [-0.25, -0.2) is 15.0 Å². The minimum atomic E-state index is -0.233. The summed E-state index contributed by atoms with van der Waals surface area (Å²) < 4.78 is 7.06. The number of aromatic nitrogens is 3. The van der Waals surface area contributed by atoms with Crippen LogP contribution in [0, 0.1) is 0 Å². The normalized spacial score (nSPS) is 15.7. The van der Waals surface area contributed by atoms with Gasteiger partial charge in [-0.05, 0) is 35.9 Å². The number of pyridine rings is 1. The Bertz CT molecular complexity index is 2460. The molecular weight excluding hydrogens is 613 g/mol. The Kier molecular flexibility index (Phi) is 6.56. The summed E-state index contributed by atoms with van der Waals surface area (Å²) in [6.45, 7) is 0. The molecule has 2 aliphatic rings. The Balaban J connectivity index is 1.19. The van der Waals surface area contributed by atoms with Crippen LogP contribution in [-0.4, -0.2) is 21.2 Å². The van der Waals surface area contributed by atoms with Crippen molar-refractivity contribution in [3.8, 4) is 50.9 Å². The second kappa shape index (κ2) is 11.5. The number of fused-ring (bicyclic) bond motifs is 7. The Hall–Kier alpha value is -6.59. The van der Waals surface area contributed by atoms with Crippen molar-refractivity contribution in [2.24, 2.45) is 0 Å². The molecule has 6 aromatic carbocycles. The van der Waals surface area contributed by atoms with Crippen LogP contribution in [0.25, 0.3) is 56.1 Å². The quantitative estimate of drug-likeness (QED) is 0.187. The largest absolute Gasteiger partial charge is 0.467 e. The van der Waals surface area contributed by atoms with Crippen molar-refractivity contribution in [3.63, 3.8) is 0 Å². The molecule has 0 aliphatic carbocycles. The second-order valence-corrected chi connectivity index (χ2v) is 12.7. The molecule has 4 heterocycles. The molecule has 0 saturated carbocycles. The predicted molar refractivity (Wildman–Crippen MR) is 200 cm³/mol. The van der Waals surface area contributed by atoms with Crippen LogP contribution in [0.15, 0.2) is 170 Å². The second-order valence-electron chi connectivity index (χ2n) is 12.7. The Morgan fingerprint density at radius 2 is 1.10 bits per heavy atom. The summed E-state index contributed by atoms with van der Waals surface area (Å²) in [4.78, 5) is 17.8. The van der Waals surface area contributed by atoms with Gasteiger partial charge in [-0.3, -0.25) is 0 Å². The molecule has 0 radical (unpaired) electrons. The first-order chi connectivity index (χ1) is 24.8. The molecule has 0 amide bonds. The summed E-state index contributed by atoms with van der Waals surface area (Å²) in [5, 5.41) is 1.08. The summed E-state index contributed by atoms with van der Waals surface area (Å²) >= 11 is 0. The molecule has 10 rings (SSSR count). The van der Waals surface area contributed by atoms with Crippen LogP contribution in [0.1, 0.15) is 17.0 Å². The molecule has 2 unspecified atom stereocenters. The minimum absolute atomic E-state index is 0.00800. The van der Waals surface area contributed by atoms with E-state index in [1.807, 2.05) is 42.5 Å². The van der Waals surface area contributed by atoms with Gasteiger partial charge in [0.1, 0.15) is 5.69 Å². The van der Waals surface area contributed by atoms with Gasteiger partial charge in [0.15, 0.2) is 17.8 Å². The number of anilines is 2. The number of para-hydroxylation sites is 2. The van der Waals surface area contributed by atoms with Gasteiger partial charge < -0.3 is 9.64 Å². The molecule has 0 spiro atoms. The molecule has 2 atom stereocenters. The van der Waals surface area contributed by atoms with E-state index in [1.54, 1.807) is 0 Å². The van der Waals surface area contributed by atoms with Gasteiger partial charge in [-0.1, -0.05) is 140 Å². The number of hydrogen-bond donors (Lipinski definition) is 0. The van der Waals surface area contributed by atoms with Crippen molar-refractivity contribution in [1.29, 1.82) is 0 Å². The summed E-state index contributed by atoms with van der Waals surface area (Å²) in [5.74, 6) is 1.55. The van der Waals surface area contributed by atoms with Gasteiger partial charge in [0.25, 0.3) is 0 Å². The molecule has 0 N–H and O–H groups in total. The molecule has 2 aromatic heterocycles. The first kappa shape index (κ1) is 28.4.